The van der Waals surface area contributed by atoms with E-state index in [1.54, 1.807) is 11.8 Å². The molecule has 0 radical (unpaired) electrons. The predicted octanol–water partition coefficient (Wildman–Crippen LogP) is 2.75. The van der Waals surface area contributed by atoms with E-state index in [0.29, 0.717) is 5.69 Å². The van der Waals surface area contributed by atoms with Crippen LogP contribution in [0.5, 0.6) is 0 Å². The molecule has 1 fully saturated rings. The van der Waals surface area contributed by atoms with Gasteiger partial charge in [0.05, 0.1) is 5.75 Å². The molecule has 0 spiro atoms. The van der Waals surface area contributed by atoms with Gasteiger partial charge in [-0.25, -0.2) is 0 Å². The zero-order valence-electron chi connectivity index (χ0n) is 11.2. The van der Waals surface area contributed by atoms with Gasteiger partial charge in [-0.2, -0.15) is 0 Å². The molecule has 1 aromatic carbocycles. The van der Waals surface area contributed by atoms with Crippen LogP contribution in [0.15, 0.2) is 45.8 Å². The second-order valence-corrected chi connectivity index (χ2v) is 6.02. The van der Waals surface area contributed by atoms with Crippen LogP contribution in [0.2, 0.25) is 0 Å². The largest absolute Gasteiger partial charge is 0.385 e. The number of hydrogen-bond acceptors (Lipinski definition) is 5. The summed E-state index contributed by atoms with van der Waals surface area (Å²) in [6.45, 7) is 0.969. The molecular formula is C15H18N2O2S. The maximum Gasteiger partial charge on any atom is 0.147 e. The third-order valence-corrected chi connectivity index (χ3v) is 4.52. The van der Waals surface area contributed by atoms with Crippen LogP contribution in [0.3, 0.4) is 0 Å². The Morgan fingerprint density at radius 1 is 1.40 bits per heavy atom. The first kappa shape index (κ1) is 13.7. The van der Waals surface area contributed by atoms with E-state index < -0.39 is 6.10 Å². The molecule has 0 amide bonds. The standard InChI is InChI=1S/C15H18N2O2S/c18-15(13-7-4-8-16-13)14-9-11(19-17-14)10-20-12-5-2-1-3-6-12/h1-3,5-6,9,13,15-16,18H,4,7-8,10H2/t13-,15-/m0/s1. The summed E-state index contributed by atoms with van der Waals surface area (Å²) in [5.74, 6) is 1.52. The summed E-state index contributed by atoms with van der Waals surface area (Å²) in [5, 5.41) is 17.5. The number of nitrogens with one attached hydrogen (secondary N) is 1. The summed E-state index contributed by atoms with van der Waals surface area (Å²) >= 11 is 1.70. The van der Waals surface area contributed by atoms with Gasteiger partial charge in [-0.05, 0) is 31.5 Å². The van der Waals surface area contributed by atoms with Crippen LogP contribution in [-0.4, -0.2) is 22.8 Å². The molecule has 5 heteroatoms. The summed E-state index contributed by atoms with van der Waals surface area (Å²) in [6.07, 6.45) is 1.52. The Morgan fingerprint density at radius 3 is 3.00 bits per heavy atom. The fraction of sp³-hybridized carbons (Fsp3) is 0.400. The van der Waals surface area contributed by atoms with Gasteiger partial charge in [-0.3, -0.25) is 0 Å². The fourth-order valence-corrected chi connectivity index (χ4v) is 3.19. The van der Waals surface area contributed by atoms with Crippen molar-refractivity contribution < 1.29 is 9.63 Å². The van der Waals surface area contributed by atoms with Crippen LogP contribution in [0.25, 0.3) is 0 Å². The van der Waals surface area contributed by atoms with Crippen LogP contribution in [0.1, 0.15) is 30.4 Å². The number of thioether (sulfide) groups is 1. The molecule has 0 saturated carbocycles. The lowest BCUT2D eigenvalue weighted by Crippen LogP contribution is -2.28. The molecule has 2 N–H and O–H groups in total. The van der Waals surface area contributed by atoms with E-state index in [1.807, 2.05) is 24.3 Å². The van der Waals surface area contributed by atoms with Gasteiger partial charge in [0.25, 0.3) is 0 Å². The van der Waals surface area contributed by atoms with Crippen molar-refractivity contribution in [3.8, 4) is 0 Å². The van der Waals surface area contributed by atoms with Gasteiger partial charge < -0.3 is 14.9 Å². The topological polar surface area (TPSA) is 58.3 Å². The molecule has 1 aliphatic heterocycles. The minimum absolute atomic E-state index is 0.106. The second-order valence-electron chi connectivity index (χ2n) is 4.97. The van der Waals surface area contributed by atoms with Gasteiger partial charge in [0.2, 0.25) is 0 Å². The molecule has 3 rings (SSSR count). The molecular weight excluding hydrogens is 272 g/mol. The third-order valence-electron chi connectivity index (χ3n) is 3.48. The highest BCUT2D eigenvalue weighted by atomic mass is 32.2. The smallest absolute Gasteiger partial charge is 0.147 e. The van der Waals surface area contributed by atoms with Gasteiger partial charge in [0, 0.05) is 17.0 Å². The number of nitrogens with zero attached hydrogens (tertiary/aromatic N) is 1. The fourth-order valence-electron chi connectivity index (χ4n) is 2.39. The Bertz CT molecular complexity index is 538. The lowest BCUT2D eigenvalue weighted by molar-refractivity contribution is 0.128. The summed E-state index contributed by atoms with van der Waals surface area (Å²) in [7, 11) is 0. The Hall–Kier alpha value is -1.30. The average molecular weight is 290 g/mol. The van der Waals surface area contributed by atoms with E-state index in [4.69, 9.17) is 4.52 Å². The predicted molar refractivity (Wildman–Crippen MR) is 78.5 cm³/mol. The normalized spacial score (nSPS) is 20.1. The van der Waals surface area contributed by atoms with Crippen LogP contribution >= 0.6 is 11.8 Å². The Kier molecular flexibility index (Phi) is 4.40. The van der Waals surface area contributed by atoms with Crippen molar-refractivity contribution in [1.29, 1.82) is 0 Å². The number of aliphatic hydroxyl groups is 1. The summed E-state index contributed by atoms with van der Waals surface area (Å²) < 4.78 is 5.31. The van der Waals surface area contributed by atoms with E-state index in [0.717, 1.165) is 30.9 Å². The van der Waals surface area contributed by atoms with E-state index in [1.165, 1.54) is 4.90 Å². The molecule has 2 aromatic rings. The molecule has 20 heavy (non-hydrogen) atoms. The van der Waals surface area contributed by atoms with E-state index in [2.05, 4.69) is 22.6 Å². The Labute approximate surface area is 122 Å². The zero-order valence-corrected chi connectivity index (χ0v) is 12.0. The van der Waals surface area contributed by atoms with Crippen LogP contribution in [0.4, 0.5) is 0 Å². The minimum Gasteiger partial charge on any atom is -0.385 e. The Balaban J connectivity index is 1.59. The second kappa shape index (κ2) is 6.43. The monoisotopic (exact) mass is 290 g/mol. The summed E-state index contributed by atoms with van der Waals surface area (Å²) in [5.41, 5.74) is 0.632. The molecule has 106 valence electrons. The number of aromatic nitrogens is 1. The van der Waals surface area contributed by atoms with Crippen LogP contribution in [0, 0.1) is 0 Å². The van der Waals surface area contributed by atoms with Crippen molar-refractivity contribution >= 4 is 11.8 Å². The highest BCUT2D eigenvalue weighted by molar-refractivity contribution is 7.98. The molecule has 0 unspecified atom stereocenters. The maximum atomic E-state index is 10.2. The number of hydrogen-bond donors (Lipinski definition) is 2. The highest BCUT2D eigenvalue weighted by Gasteiger charge is 2.26. The number of rotatable bonds is 5. The molecule has 1 saturated heterocycles. The first-order valence-corrected chi connectivity index (χ1v) is 7.86. The minimum atomic E-state index is -0.572. The Morgan fingerprint density at radius 2 is 2.25 bits per heavy atom. The van der Waals surface area contributed by atoms with Gasteiger partial charge in [-0.1, -0.05) is 23.4 Å². The lowest BCUT2D eigenvalue weighted by atomic mass is 10.1. The summed E-state index contributed by atoms with van der Waals surface area (Å²) in [4.78, 5) is 1.20. The lowest BCUT2D eigenvalue weighted by Gasteiger charge is -2.14. The van der Waals surface area contributed by atoms with Crippen LogP contribution in [-0.2, 0) is 5.75 Å². The van der Waals surface area contributed by atoms with E-state index >= 15 is 0 Å². The third kappa shape index (κ3) is 3.23. The van der Waals surface area contributed by atoms with Gasteiger partial charge in [0.15, 0.2) is 0 Å². The number of aliphatic hydroxyl groups excluding tert-OH is 1. The van der Waals surface area contributed by atoms with Crippen LogP contribution < -0.4 is 5.32 Å². The quantitative estimate of drug-likeness (QED) is 0.829. The molecule has 2 atom stereocenters. The molecule has 1 aliphatic rings. The van der Waals surface area contributed by atoms with Crippen molar-refractivity contribution in [2.24, 2.45) is 0 Å². The highest BCUT2D eigenvalue weighted by Crippen LogP contribution is 2.26. The molecule has 1 aromatic heterocycles. The first-order chi connectivity index (χ1) is 9.83. The van der Waals surface area contributed by atoms with Crippen molar-refractivity contribution in [3.63, 3.8) is 0 Å². The van der Waals surface area contributed by atoms with Gasteiger partial charge >= 0.3 is 0 Å². The zero-order chi connectivity index (χ0) is 13.8. The van der Waals surface area contributed by atoms with E-state index in [-0.39, 0.29) is 6.04 Å². The van der Waals surface area contributed by atoms with Crippen molar-refractivity contribution in [2.45, 2.75) is 35.6 Å². The number of benzene rings is 1. The van der Waals surface area contributed by atoms with Gasteiger partial charge in [0.1, 0.15) is 17.6 Å². The van der Waals surface area contributed by atoms with Gasteiger partial charge in [-0.15, -0.1) is 11.8 Å². The maximum absolute atomic E-state index is 10.2. The van der Waals surface area contributed by atoms with Crippen molar-refractivity contribution in [2.75, 3.05) is 6.54 Å². The van der Waals surface area contributed by atoms with E-state index in [9.17, 15) is 5.11 Å². The first-order valence-electron chi connectivity index (χ1n) is 6.88. The van der Waals surface area contributed by atoms with Crippen molar-refractivity contribution in [1.82, 2.24) is 10.5 Å². The molecule has 2 heterocycles. The van der Waals surface area contributed by atoms with Crippen molar-refractivity contribution in [3.05, 3.63) is 47.9 Å². The average Bonchev–Trinajstić information content (AvgIpc) is 3.17. The summed E-state index contributed by atoms with van der Waals surface area (Å²) in [6, 6.07) is 12.1. The SMILES string of the molecule is O[C@H](c1cc(CSc2ccccc2)on1)[C@@H]1CCCN1. The molecule has 0 aliphatic carbocycles. The molecule has 0 bridgehead atoms. The molecule has 4 nitrogen and oxygen atoms in total.